The fourth-order valence-electron chi connectivity index (χ4n) is 2.46. The third-order valence-corrected chi connectivity index (χ3v) is 3.40. The highest BCUT2D eigenvalue weighted by Crippen LogP contribution is 2.18. The quantitative estimate of drug-likeness (QED) is 0.897. The zero-order valence-electron chi connectivity index (χ0n) is 11.4. The number of carbonyl (C=O) groups excluding carboxylic acids is 1. The predicted octanol–water partition coefficient (Wildman–Crippen LogP) is 1.28. The van der Waals surface area contributed by atoms with Gasteiger partial charge in [0.2, 0.25) is 0 Å². The molecule has 1 aromatic rings. The van der Waals surface area contributed by atoms with Crippen molar-refractivity contribution >= 4 is 11.9 Å². The average Bonchev–Trinajstić information content (AvgIpc) is 2.47. The number of amides is 1. The molecule has 1 aliphatic rings. The zero-order chi connectivity index (χ0) is 14.5. The summed E-state index contributed by atoms with van der Waals surface area (Å²) < 4.78 is 5.13. The number of carboxylic acids is 1. The Morgan fingerprint density at radius 3 is 2.90 bits per heavy atom. The Labute approximate surface area is 117 Å². The summed E-state index contributed by atoms with van der Waals surface area (Å²) in [6, 6.07) is 4.47. The Balaban J connectivity index is 2.10. The van der Waals surface area contributed by atoms with Crippen LogP contribution in [0, 0.1) is 5.92 Å². The molecule has 1 aromatic heterocycles. The Kier molecular flexibility index (Phi) is 4.68. The van der Waals surface area contributed by atoms with Crippen molar-refractivity contribution in [2.75, 3.05) is 26.8 Å². The van der Waals surface area contributed by atoms with Gasteiger partial charge in [-0.25, -0.2) is 9.78 Å². The SMILES string of the molecule is COCC1CCCN(C(=O)c2cccc(C(=O)O)n2)C1. The van der Waals surface area contributed by atoms with Crippen LogP contribution in [0.4, 0.5) is 0 Å². The van der Waals surface area contributed by atoms with Gasteiger partial charge in [-0.1, -0.05) is 6.07 Å². The molecule has 0 saturated carbocycles. The highest BCUT2D eigenvalue weighted by molar-refractivity contribution is 5.94. The number of aromatic nitrogens is 1. The molecule has 6 heteroatoms. The molecule has 0 radical (unpaired) electrons. The maximum Gasteiger partial charge on any atom is 0.354 e. The van der Waals surface area contributed by atoms with E-state index in [2.05, 4.69) is 4.98 Å². The lowest BCUT2D eigenvalue weighted by Crippen LogP contribution is -2.41. The van der Waals surface area contributed by atoms with Crippen LogP contribution in [0.5, 0.6) is 0 Å². The second kappa shape index (κ2) is 6.47. The second-order valence-corrected chi connectivity index (χ2v) is 4.93. The lowest BCUT2D eigenvalue weighted by Gasteiger charge is -2.32. The maximum absolute atomic E-state index is 12.4. The zero-order valence-corrected chi connectivity index (χ0v) is 11.4. The number of carbonyl (C=O) groups is 2. The third kappa shape index (κ3) is 3.33. The molecule has 2 heterocycles. The number of pyridine rings is 1. The Hall–Kier alpha value is -1.95. The number of aromatic carboxylic acids is 1. The number of carboxylic acid groups (broad SMARTS) is 1. The second-order valence-electron chi connectivity index (χ2n) is 4.93. The monoisotopic (exact) mass is 278 g/mol. The molecule has 0 aromatic carbocycles. The van der Waals surface area contributed by atoms with Crippen molar-refractivity contribution in [3.05, 3.63) is 29.6 Å². The molecule has 1 amide bonds. The molecule has 1 saturated heterocycles. The molecule has 0 aliphatic carbocycles. The molecule has 0 spiro atoms. The summed E-state index contributed by atoms with van der Waals surface area (Å²) in [6.45, 7) is 1.94. The van der Waals surface area contributed by atoms with Gasteiger partial charge in [-0.05, 0) is 30.9 Å². The molecular weight excluding hydrogens is 260 g/mol. The van der Waals surface area contributed by atoms with E-state index in [0.29, 0.717) is 25.6 Å². The predicted molar refractivity (Wildman–Crippen MR) is 71.7 cm³/mol. The molecule has 1 fully saturated rings. The summed E-state index contributed by atoms with van der Waals surface area (Å²) in [7, 11) is 1.65. The van der Waals surface area contributed by atoms with Gasteiger partial charge in [-0.2, -0.15) is 0 Å². The highest BCUT2D eigenvalue weighted by Gasteiger charge is 2.25. The summed E-state index contributed by atoms with van der Waals surface area (Å²) in [5.41, 5.74) is 0.0734. The first-order valence-electron chi connectivity index (χ1n) is 6.60. The lowest BCUT2D eigenvalue weighted by molar-refractivity contribution is 0.0565. The lowest BCUT2D eigenvalue weighted by atomic mass is 9.98. The molecule has 0 bridgehead atoms. The molecule has 1 unspecified atom stereocenters. The van der Waals surface area contributed by atoms with Gasteiger partial charge in [0.15, 0.2) is 0 Å². The standard InChI is InChI=1S/C14H18N2O4/c1-20-9-10-4-3-7-16(8-10)13(17)11-5-2-6-12(15-11)14(18)19/h2,5-6,10H,3-4,7-9H2,1H3,(H,18,19). The molecule has 1 N–H and O–H groups in total. The van der Waals surface area contributed by atoms with Gasteiger partial charge in [0.05, 0.1) is 6.61 Å². The average molecular weight is 278 g/mol. The van der Waals surface area contributed by atoms with Crippen molar-refractivity contribution < 1.29 is 19.4 Å². The smallest absolute Gasteiger partial charge is 0.354 e. The van der Waals surface area contributed by atoms with Crippen molar-refractivity contribution in [3.63, 3.8) is 0 Å². The van der Waals surface area contributed by atoms with Crippen molar-refractivity contribution in [1.29, 1.82) is 0 Å². The number of hydrogen-bond acceptors (Lipinski definition) is 4. The van der Waals surface area contributed by atoms with Crippen LogP contribution in [0.25, 0.3) is 0 Å². The van der Waals surface area contributed by atoms with Crippen LogP contribution in [0.2, 0.25) is 0 Å². The molecule has 20 heavy (non-hydrogen) atoms. The Morgan fingerprint density at radius 2 is 2.20 bits per heavy atom. The van der Waals surface area contributed by atoms with Gasteiger partial charge in [-0.15, -0.1) is 0 Å². The molecular formula is C14H18N2O4. The van der Waals surface area contributed by atoms with Crippen LogP contribution in [0.1, 0.15) is 33.8 Å². The maximum atomic E-state index is 12.4. The molecule has 1 aliphatic heterocycles. The number of ether oxygens (including phenoxy) is 1. The van der Waals surface area contributed by atoms with Crippen LogP contribution in [-0.2, 0) is 4.74 Å². The van der Waals surface area contributed by atoms with Crippen LogP contribution >= 0.6 is 0 Å². The van der Waals surface area contributed by atoms with Gasteiger partial charge >= 0.3 is 5.97 Å². The van der Waals surface area contributed by atoms with Crippen molar-refractivity contribution in [2.24, 2.45) is 5.92 Å². The minimum absolute atomic E-state index is 0.110. The van der Waals surface area contributed by atoms with Gasteiger partial charge in [-0.3, -0.25) is 4.79 Å². The number of methoxy groups -OCH3 is 1. The topological polar surface area (TPSA) is 79.7 Å². The summed E-state index contributed by atoms with van der Waals surface area (Å²) in [6.07, 6.45) is 1.97. The number of rotatable bonds is 4. The van der Waals surface area contributed by atoms with E-state index in [4.69, 9.17) is 9.84 Å². The fraction of sp³-hybridized carbons (Fsp3) is 0.500. The van der Waals surface area contributed by atoms with Gasteiger partial charge in [0, 0.05) is 20.2 Å². The number of likely N-dealkylation sites (tertiary alicyclic amines) is 1. The van der Waals surface area contributed by atoms with Gasteiger partial charge in [0.1, 0.15) is 11.4 Å². The molecule has 1 atom stereocenters. The van der Waals surface area contributed by atoms with Crippen LogP contribution in [-0.4, -0.2) is 53.7 Å². The van der Waals surface area contributed by atoms with E-state index in [0.717, 1.165) is 12.8 Å². The summed E-state index contributed by atoms with van der Waals surface area (Å²) in [5.74, 6) is -1.01. The largest absolute Gasteiger partial charge is 0.477 e. The first-order valence-corrected chi connectivity index (χ1v) is 6.60. The van der Waals surface area contributed by atoms with Crippen LogP contribution in [0.3, 0.4) is 0 Å². The first kappa shape index (κ1) is 14.5. The number of nitrogens with zero attached hydrogens (tertiary/aromatic N) is 2. The number of hydrogen-bond donors (Lipinski definition) is 1. The molecule has 2 rings (SSSR count). The minimum atomic E-state index is -1.13. The van der Waals surface area contributed by atoms with E-state index < -0.39 is 5.97 Å². The normalized spacial score (nSPS) is 18.9. The van der Waals surface area contributed by atoms with E-state index in [9.17, 15) is 9.59 Å². The van der Waals surface area contributed by atoms with Crippen molar-refractivity contribution in [1.82, 2.24) is 9.88 Å². The Bertz CT molecular complexity index is 502. The third-order valence-electron chi connectivity index (χ3n) is 3.40. The summed E-state index contributed by atoms with van der Waals surface area (Å²) in [4.78, 5) is 28.9. The van der Waals surface area contributed by atoms with E-state index >= 15 is 0 Å². The van der Waals surface area contributed by atoms with Crippen molar-refractivity contribution in [3.8, 4) is 0 Å². The van der Waals surface area contributed by atoms with Crippen molar-refractivity contribution in [2.45, 2.75) is 12.8 Å². The number of piperidine rings is 1. The van der Waals surface area contributed by atoms with Gasteiger partial charge in [0.25, 0.3) is 5.91 Å². The summed E-state index contributed by atoms with van der Waals surface area (Å²) >= 11 is 0. The minimum Gasteiger partial charge on any atom is -0.477 e. The van der Waals surface area contributed by atoms with E-state index in [-0.39, 0.29) is 17.3 Å². The van der Waals surface area contributed by atoms with Crippen LogP contribution in [0.15, 0.2) is 18.2 Å². The fourth-order valence-corrected chi connectivity index (χ4v) is 2.46. The van der Waals surface area contributed by atoms with E-state index in [1.807, 2.05) is 0 Å². The first-order chi connectivity index (χ1) is 9.61. The highest BCUT2D eigenvalue weighted by atomic mass is 16.5. The van der Waals surface area contributed by atoms with E-state index in [1.54, 1.807) is 24.1 Å². The molecule has 6 nitrogen and oxygen atoms in total. The van der Waals surface area contributed by atoms with E-state index in [1.165, 1.54) is 6.07 Å². The molecule has 108 valence electrons. The Morgan fingerprint density at radius 1 is 1.45 bits per heavy atom. The summed E-state index contributed by atoms with van der Waals surface area (Å²) in [5, 5.41) is 8.91. The van der Waals surface area contributed by atoms with Gasteiger partial charge < -0.3 is 14.7 Å². The van der Waals surface area contributed by atoms with Crippen LogP contribution < -0.4 is 0 Å².